The van der Waals surface area contributed by atoms with Crippen molar-refractivity contribution in [2.45, 2.75) is 28.9 Å². The van der Waals surface area contributed by atoms with Crippen LogP contribution in [0.25, 0.3) is 0 Å². The van der Waals surface area contributed by atoms with Gasteiger partial charge in [-0.15, -0.1) is 10.2 Å². The largest absolute Gasteiger partial charge is 0.451 e. The van der Waals surface area contributed by atoms with Crippen LogP contribution in [0.1, 0.15) is 19.2 Å². The van der Waals surface area contributed by atoms with Crippen molar-refractivity contribution in [1.82, 2.24) is 20.2 Å². The summed E-state index contributed by atoms with van der Waals surface area (Å²) in [5, 5.41) is 10.4. The van der Waals surface area contributed by atoms with E-state index in [0.717, 1.165) is 18.2 Å². The summed E-state index contributed by atoms with van der Waals surface area (Å²) in [6, 6.07) is 1.47. The van der Waals surface area contributed by atoms with Crippen molar-refractivity contribution in [3.63, 3.8) is 0 Å². The number of rotatable bonds is 5. The third-order valence-electron chi connectivity index (χ3n) is 2.04. The van der Waals surface area contributed by atoms with Crippen LogP contribution in [0.15, 0.2) is 20.9 Å². The molecule has 0 atom stereocenters. The molecule has 0 aromatic carbocycles. The van der Waals surface area contributed by atoms with Crippen molar-refractivity contribution in [1.29, 1.82) is 0 Å². The van der Waals surface area contributed by atoms with Crippen molar-refractivity contribution < 1.29 is 13.2 Å². The van der Waals surface area contributed by atoms with Crippen molar-refractivity contribution >= 4 is 28.9 Å². The van der Waals surface area contributed by atoms with Gasteiger partial charge in [-0.1, -0.05) is 18.3 Å². The van der Waals surface area contributed by atoms with Crippen LogP contribution < -0.4 is 5.32 Å². The molecule has 20 heavy (non-hydrogen) atoms. The van der Waals surface area contributed by atoms with Gasteiger partial charge in [0.15, 0.2) is 4.34 Å². The first-order chi connectivity index (χ1) is 9.49. The highest BCUT2D eigenvalue weighted by Crippen LogP contribution is 2.32. The summed E-state index contributed by atoms with van der Waals surface area (Å²) in [5.74, 6) is -1.01. The standard InChI is InChI=1S/C10H10F3N5S2/c1-2-3-14-6-4-7(20-9-18-15-5-19-9)17-8(16-6)10(11,12)13/h4-5H,2-3H2,1H3,(H,14,16,17). The zero-order valence-corrected chi connectivity index (χ0v) is 11.9. The monoisotopic (exact) mass is 321 g/mol. The summed E-state index contributed by atoms with van der Waals surface area (Å²) in [6.45, 7) is 2.45. The molecule has 108 valence electrons. The number of hydrogen-bond acceptors (Lipinski definition) is 7. The Morgan fingerprint density at radius 3 is 2.75 bits per heavy atom. The van der Waals surface area contributed by atoms with E-state index in [1.165, 1.54) is 22.9 Å². The van der Waals surface area contributed by atoms with Gasteiger partial charge < -0.3 is 5.32 Å². The van der Waals surface area contributed by atoms with Crippen LogP contribution in [0.4, 0.5) is 19.0 Å². The van der Waals surface area contributed by atoms with Gasteiger partial charge >= 0.3 is 6.18 Å². The molecule has 0 amide bonds. The quantitative estimate of drug-likeness (QED) is 0.852. The number of anilines is 1. The van der Waals surface area contributed by atoms with E-state index in [2.05, 4.69) is 25.5 Å². The predicted molar refractivity (Wildman–Crippen MR) is 69.8 cm³/mol. The second-order valence-corrected chi connectivity index (χ2v) is 5.75. The van der Waals surface area contributed by atoms with Gasteiger partial charge in [-0.25, -0.2) is 9.97 Å². The molecule has 0 saturated carbocycles. The molecule has 0 bridgehead atoms. The molecule has 10 heteroatoms. The SMILES string of the molecule is CCCNc1cc(Sc2nncs2)nc(C(F)(F)F)n1. The second-order valence-electron chi connectivity index (χ2n) is 3.65. The maximum absolute atomic E-state index is 12.8. The van der Waals surface area contributed by atoms with Crippen molar-refractivity contribution in [2.24, 2.45) is 0 Å². The molecule has 2 aromatic rings. The summed E-state index contributed by atoms with van der Waals surface area (Å²) >= 11 is 2.26. The molecule has 0 radical (unpaired) electrons. The first-order valence-electron chi connectivity index (χ1n) is 5.63. The lowest BCUT2D eigenvalue weighted by Gasteiger charge is -2.10. The maximum atomic E-state index is 12.8. The van der Waals surface area contributed by atoms with Crippen LogP contribution in [0.3, 0.4) is 0 Å². The number of halogens is 3. The summed E-state index contributed by atoms with van der Waals surface area (Å²) in [4.78, 5) is 6.99. The highest BCUT2D eigenvalue weighted by atomic mass is 32.2. The van der Waals surface area contributed by atoms with E-state index in [0.29, 0.717) is 10.9 Å². The Hall–Kier alpha value is -1.42. The fourth-order valence-corrected chi connectivity index (χ4v) is 2.67. The Morgan fingerprint density at radius 2 is 2.15 bits per heavy atom. The molecule has 2 rings (SSSR count). The minimum Gasteiger partial charge on any atom is -0.370 e. The van der Waals surface area contributed by atoms with E-state index in [4.69, 9.17) is 0 Å². The normalized spacial score (nSPS) is 11.6. The van der Waals surface area contributed by atoms with E-state index in [9.17, 15) is 13.2 Å². The number of hydrogen-bond donors (Lipinski definition) is 1. The lowest BCUT2D eigenvalue weighted by atomic mass is 10.4. The molecule has 0 aliphatic rings. The van der Waals surface area contributed by atoms with Crippen LogP contribution in [-0.4, -0.2) is 26.7 Å². The summed E-state index contributed by atoms with van der Waals surface area (Å²) < 4.78 is 38.8. The molecular weight excluding hydrogens is 311 g/mol. The highest BCUT2D eigenvalue weighted by Gasteiger charge is 2.35. The molecule has 0 fully saturated rings. The fraction of sp³-hybridized carbons (Fsp3) is 0.400. The maximum Gasteiger partial charge on any atom is 0.451 e. The summed E-state index contributed by atoms with van der Waals surface area (Å²) in [5.41, 5.74) is 1.50. The van der Waals surface area contributed by atoms with E-state index >= 15 is 0 Å². The average molecular weight is 321 g/mol. The number of alkyl halides is 3. The molecule has 5 nitrogen and oxygen atoms in total. The third-order valence-corrected chi connectivity index (χ3v) is 3.74. The van der Waals surface area contributed by atoms with Gasteiger partial charge in [-0.05, 0) is 18.2 Å². The van der Waals surface area contributed by atoms with Crippen molar-refractivity contribution in [2.75, 3.05) is 11.9 Å². The molecule has 2 aromatic heterocycles. The van der Waals surface area contributed by atoms with Gasteiger partial charge in [-0.2, -0.15) is 13.2 Å². The van der Waals surface area contributed by atoms with Gasteiger partial charge in [0.1, 0.15) is 16.4 Å². The Labute approximate surface area is 121 Å². The Balaban J connectivity index is 2.29. The molecule has 0 unspecified atom stereocenters. The second kappa shape index (κ2) is 6.35. The lowest BCUT2D eigenvalue weighted by molar-refractivity contribution is -0.145. The first kappa shape index (κ1) is 15.0. The van der Waals surface area contributed by atoms with E-state index in [-0.39, 0.29) is 10.8 Å². The summed E-state index contributed by atoms with van der Waals surface area (Å²) in [7, 11) is 0. The van der Waals surface area contributed by atoms with E-state index in [1.54, 1.807) is 0 Å². The minimum absolute atomic E-state index is 0.154. The van der Waals surface area contributed by atoms with E-state index < -0.39 is 12.0 Å². The molecule has 0 aliphatic carbocycles. The molecule has 2 heterocycles. The minimum atomic E-state index is -4.58. The van der Waals surface area contributed by atoms with E-state index in [1.807, 2.05) is 6.92 Å². The lowest BCUT2D eigenvalue weighted by Crippen LogP contribution is -2.14. The Bertz CT molecular complexity index is 559. The van der Waals surface area contributed by atoms with Crippen molar-refractivity contribution in [3.05, 3.63) is 17.4 Å². The van der Waals surface area contributed by atoms with Crippen molar-refractivity contribution in [3.8, 4) is 0 Å². The molecule has 0 saturated heterocycles. The number of aromatic nitrogens is 4. The van der Waals surface area contributed by atoms with Crippen LogP contribution in [-0.2, 0) is 6.18 Å². The van der Waals surface area contributed by atoms with Gasteiger partial charge in [0.05, 0.1) is 0 Å². The van der Waals surface area contributed by atoms with Gasteiger partial charge in [-0.3, -0.25) is 0 Å². The third kappa shape index (κ3) is 4.04. The predicted octanol–water partition coefficient (Wildman–Crippen LogP) is 3.32. The van der Waals surface area contributed by atoms with Crippen LogP contribution in [0.5, 0.6) is 0 Å². The average Bonchev–Trinajstić information content (AvgIpc) is 2.88. The molecule has 1 N–H and O–H groups in total. The number of nitrogens with one attached hydrogen (secondary N) is 1. The zero-order valence-electron chi connectivity index (χ0n) is 10.3. The Morgan fingerprint density at radius 1 is 1.35 bits per heavy atom. The first-order valence-corrected chi connectivity index (χ1v) is 7.33. The number of nitrogens with zero attached hydrogens (tertiary/aromatic N) is 4. The fourth-order valence-electron chi connectivity index (χ4n) is 1.24. The zero-order chi connectivity index (χ0) is 14.6. The van der Waals surface area contributed by atoms with Crippen LogP contribution in [0.2, 0.25) is 0 Å². The van der Waals surface area contributed by atoms with Crippen LogP contribution >= 0.6 is 23.1 Å². The smallest absolute Gasteiger partial charge is 0.370 e. The Kier molecular flexibility index (Phi) is 4.76. The molecule has 0 spiro atoms. The van der Waals surface area contributed by atoms with Gasteiger partial charge in [0.2, 0.25) is 5.82 Å². The summed E-state index contributed by atoms with van der Waals surface area (Å²) in [6.07, 6.45) is -3.80. The molecule has 0 aliphatic heterocycles. The topological polar surface area (TPSA) is 63.6 Å². The molecular formula is C10H10F3N5S2. The van der Waals surface area contributed by atoms with Gasteiger partial charge in [0.25, 0.3) is 0 Å². The van der Waals surface area contributed by atoms with Gasteiger partial charge in [0, 0.05) is 12.6 Å². The van der Waals surface area contributed by atoms with Crippen LogP contribution in [0, 0.1) is 0 Å². The highest BCUT2D eigenvalue weighted by molar-refractivity contribution is 8.00.